The normalized spacial score (nSPS) is 11.4. The molecule has 1 radical (unpaired) electrons. The van der Waals surface area contributed by atoms with Crippen LogP contribution < -0.4 is 5.32 Å². The molecule has 28 heavy (non-hydrogen) atoms. The van der Waals surface area contributed by atoms with E-state index in [1.165, 1.54) is 0 Å². The number of hydrogen-bond donors (Lipinski definition) is 1. The molecule has 1 N–H and O–H groups in total. The summed E-state index contributed by atoms with van der Waals surface area (Å²) in [6, 6.07) is 28.3. The van der Waals surface area contributed by atoms with Crippen molar-refractivity contribution in [1.82, 2.24) is 10.2 Å². The van der Waals surface area contributed by atoms with Crippen molar-refractivity contribution < 1.29 is 9.59 Å². The van der Waals surface area contributed by atoms with Crippen LogP contribution in [0.25, 0.3) is 0 Å². The van der Waals surface area contributed by atoms with E-state index in [9.17, 15) is 9.59 Å². The van der Waals surface area contributed by atoms with Gasteiger partial charge in [-0.05, 0) is 16.7 Å². The summed E-state index contributed by atoms with van der Waals surface area (Å²) in [5.74, 6) is 0. The maximum atomic E-state index is 12.9. The van der Waals surface area contributed by atoms with Gasteiger partial charge in [-0.3, -0.25) is 4.79 Å². The zero-order valence-electron chi connectivity index (χ0n) is 15.6. The van der Waals surface area contributed by atoms with Gasteiger partial charge >= 0.3 is 6.03 Å². The summed E-state index contributed by atoms with van der Waals surface area (Å²) in [6.07, 6.45) is 2.37. The van der Waals surface area contributed by atoms with Crippen molar-refractivity contribution in [2.75, 3.05) is 0 Å². The molecule has 0 saturated carbocycles. The molecule has 2 amide bonds. The fraction of sp³-hybridized carbons (Fsp3) is 0.167. The standard InChI is InChI=1S/C24H23N2O2/c27-19-23(16-20-10-4-1-5-11-20)25-24(28)26(17-21-12-6-2-7-13-21)18-22-14-8-3-9-15-22/h1-15,23H,16-18H2,(H,25,28)/t23-/m0/s1. The number of urea groups is 1. The van der Waals surface area contributed by atoms with E-state index < -0.39 is 6.04 Å². The number of carbonyl (C=O) groups is 1. The topological polar surface area (TPSA) is 49.4 Å². The van der Waals surface area contributed by atoms with Crippen LogP contribution in [-0.4, -0.2) is 23.3 Å². The number of benzene rings is 3. The molecule has 0 aliphatic rings. The van der Waals surface area contributed by atoms with Gasteiger partial charge in [-0.2, -0.15) is 0 Å². The Morgan fingerprint density at radius 1 is 0.750 bits per heavy atom. The van der Waals surface area contributed by atoms with Gasteiger partial charge in [-0.25, -0.2) is 4.79 Å². The maximum Gasteiger partial charge on any atom is 0.318 e. The summed E-state index contributed by atoms with van der Waals surface area (Å²) in [5, 5.41) is 2.82. The van der Waals surface area contributed by atoms with Crippen molar-refractivity contribution in [2.24, 2.45) is 0 Å². The Morgan fingerprint density at radius 3 is 1.61 bits per heavy atom. The van der Waals surface area contributed by atoms with Crippen LogP contribution in [0, 0.1) is 0 Å². The molecular weight excluding hydrogens is 348 g/mol. The van der Waals surface area contributed by atoms with E-state index in [4.69, 9.17) is 0 Å². The van der Waals surface area contributed by atoms with Gasteiger partial charge in [-0.1, -0.05) is 91.0 Å². The van der Waals surface area contributed by atoms with Crippen LogP contribution in [0.15, 0.2) is 91.0 Å². The minimum Gasteiger partial charge on any atom is -0.327 e. The summed E-state index contributed by atoms with van der Waals surface area (Å²) in [7, 11) is 0. The highest BCUT2D eigenvalue weighted by Gasteiger charge is 2.19. The molecule has 0 unspecified atom stereocenters. The van der Waals surface area contributed by atoms with Gasteiger partial charge in [-0.15, -0.1) is 0 Å². The van der Waals surface area contributed by atoms with Gasteiger partial charge in [0.1, 0.15) is 6.04 Å². The molecule has 3 rings (SSSR count). The van der Waals surface area contributed by atoms with Gasteiger partial charge in [0, 0.05) is 19.5 Å². The Labute approximate surface area is 165 Å². The summed E-state index contributed by atoms with van der Waals surface area (Å²) < 4.78 is 0. The molecule has 0 heterocycles. The van der Waals surface area contributed by atoms with Crippen molar-refractivity contribution in [1.29, 1.82) is 0 Å². The third kappa shape index (κ3) is 5.81. The number of carbonyl (C=O) groups excluding carboxylic acids is 2. The van der Waals surface area contributed by atoms with E-state index in [2.05, 4.69) is 5.32 Å². The Hall–Kier alpha value is -3.40. The third-order valence-corrected chi connectivity index (χ3v) is 4.44. The molecule has 141 valence electrons. The molecule has 4 heteroatoms. The lowest BCUT2D eigenvalue weighted by atomic mass is 10.1. The lowest BCUT2D eigenvalue weighted by Gasteiger charge is -2.25. The van der Waals surface area contributed by atoms with Crippen LogP contribution in [0.5, 0.6) is 0 Å². The largest absolute Gasteiger partial charge is 0.327 e. The van der Waals surface area contributed by atoms with Gasteiger partial charge in [0.15, 0.2) is 0 Å². The Morgan fingerprint density at radius 2 is 1.18 bits per heavy atom. The molecule has 0 aliphatic heterocycles. The van der Waals surface area contributed by atoms with Crippen LogP contribution in [0.1, 0.15) is 16.7 Å². The quantitative estimate of drug-likeness (QED) is 0.648. The van der Waals surface area contributed by atoms with E-state index in [0.29, 0.717) is 19.5 Å². The molecule has 0 aromatic heterocycles. The first-order chi connectivity index (χ1) is 13.7. The fourth-order valence-electron chi connectivity index (χ4n) is 3.02. The Kier molecular flexibility index (Phi) is 6.96. The number of rotatable bonds is 8. The molecule has 0 aliphatic carbocycles. The predicted octanol–water partition coefficient (Wildman–Crippen LogP) is 4.12. The molecule has 3 aromatic carbocycles. The molecule has 0 spiro atoms. The van der Waals surface area contributed by atoms with E-state index >= 15 is 0 Å². The van der Waals surface area contributed by atoms with Gasteiger partial charge < -0.3 is 10.2 Å². The number of amides is 2. The van der Waals surface area contributed by atoms with Gasteiger partial charge in [0.05, 0.1) is 0 Å². The average molecular weight is 371 g/mol. The highest BCUT2D eigenvalue weighted by Crippen LogP contribution is 2.11. The number of nitrogens with one attached hydrogen (secondary N) is 1. The van der Waals surface area contributed by atoms with Crippen molar-refractivity contribution >= 4 is 12.3 Å². The third-order valence-electron chi connectivity index (χ3n) is 4.44. The van der Waals surface area contributed by atoms with E-state index in [0.717, 1.165) is 16.7 Å². The molecule has 3 aromatic rings. The van der Waals surface area contributed by atoms with Crippen molar-refractivity contribution in [3.8, 4) is 0 Å². The highest BCUT2D eigenvalue weighted by atomic mass is 16.2. The average Bonchev–Trinajstić information content (AvgIpc) is 2.75. The first-order valence-electron chi connectivity index (χ1n) is 9.29. The second-order valence-corrected chi connectivity index (χ2v) is 6.64. The summed E-state index contributed by atoms with van der Waals surface area (Å²) in [4.78, 5) is 26.1. The van der Waals surface area contributed by atoms with E-state index in [-0.39, 0.29) is 6.03 Å². The lowest BCUT2D eigenvalue weighted by Crippen LogP contribution is -2.45. The first kappa shape index (κ1) is 19.4. The van der Waals surface area contributed by atoms with Crippen molar-refractivity contribution in [3.63, 3.8) is 0 Å². The Balaban J connectivity index is 1.71. The monoisotopic (exact) mass is 371 g/mol. The number of nitrogens with zero attached hydrogens (tertiary/aromatic N) is 1. The van der Waals surface area contributed by atoms with Crippen LogP contribution in [0.4, 0.5) is 4.79 Å². The van der Waals surface area contributed by atoms with Crippen molar-refractivity contribution in [3.05, 3.63) is 108 Å². The minimum absolute atomic E-state index is 0.281. The second-order valence-electron chi connectivity index (χ2n) is 6.64. The van der Waals surface area contributed by atoms with Crippen molar-refractivity contribution in [2.45, 2.75) is 25.6 Å². The molecule has 0 bridgehead atoms. The first-order valence-corrected chi connectivity index (χ1v) is 9.29. The fourth-order valence-corrected chi connectivity index (χ4v) is 3.02. The zero-order valence-corrected chi connectivity index (χ0v) is 15.6. The molecular formula is C24H23N2O2. The zero-order chi connectivity index (χ0) is 19.6. The smallest absolute Gasteiger partial charge is 0.318 e. The molecule has 0 saturated heterocycles. The van der Waals surface area contributed by atoms with Gasteiger partial charge in [0.25, 0.3) is 0 Å². The molecule has 1 atom stereocenters. The molecule has 4 nitrogen and oxygen atoms in total. The van der Waals surface area contributed by atoms with Crippen LogP contribution in [0.3, 0.4) is 0 Å². The van der Waals surface area contributed by atoms with E-state index in [1.807, 2.05) is 97.3 Å². The van der Waals surface area contributed by atoms with E-state index in [1.54, 1.807) is 4.90 Å². The van der Waals surface area contributed by atoms with Crippen LogP contribution in [0.2, 0.25) is 0 Å². The van der Waals surface area contributed by atoms with Crippen LogP contribution in [-0.2, 0) is 24.3 Å². The highest BCUT2D eigenvalue weighted by molar-refractivity contribution is 5.78. The predicted molar refractivity (Wildman–Crippen MR) is 110 cm³/mol. The number of hydrogen-bond acceptors (Lipinski definition) is 2. The van der Waals surface area contributed by atoms with Crippen LogP contribution >= 0.6 is 0 Å². The van der Waals surface area contributed by atoms with Gasteiger partial charge in [0.2, 0.25) is 6.29 Å². The summed E-state index contributed by atoms with van der Waals surface area (Å²) in [6.45, 7) is 0.914. The molecule has 0 fully saturated rings. The SMILES string of the molecule is O=[C][C@H](Cc1ccccc1)NC(=O)N(Cc1ccccc1)Cc1ccccc1. The maximum absolute atomic E-state index is 12.9. The lowest BCUT2D eigenvalue weighted by molar-refractivity contribution is 0.190. The summed E-state index contributed by atoms with van der Waals surface area (Å²) >= 11 is 0. The summed E-state index contributed by atoms with van der Waals surface area (Å²) in [5.41, 5.74) is 3.04. The minimum atomic E-state index is -0.691. The second kappa shape index (κ2) is 10.1. The Bertz CT molecular complexity index is 825.